The van der Waals surface area contributed by atoms with Gasteiger partial charge in [0.15, 0.2) is 0 Å². The van der Waals surface area contributed by atoms with E-state index in [1.54, 1.807) is 46.9 Å². The first kappa shape index (κ1) is 24.4. The minimum Gasteiger partial charge on any atom is -0.383 e. The summed E-state index contributed by atoms with van der Waals surface area (Å²) in [6.45, 7) is 5.00. The van der Waals surface area contributed by atoms with Crippen LogP contribution >= 0.6 is 0 Å². The molecule has 0 spiro atoms. The van der Waals surface area contributed by atoms with Crippen LogP contribution in [0, 0.1) is 0 Å². The van der Waals surface area contributed by atoms with Crippen LogP contribution in [0.4, 0.5) is 0 Å². The summed E-state index contributed by atoms with van der Waals surface area (Å²) in [7, 11) is -2.11. The van der Waals surface area contributed by atoms with E-state index in [4.69, 9.17) is 4.74 Å². The highest BCUT2D eigenvalue weighted by atomic mass is 32.2. The Bertz CT molecular complexity index is 1160. The maximum absolute atomic E-state index is 13.1. The average Bonchev–Trinajstić information content (AvgIpc) is 3.21. The van der Waals surface area contributed by atoms with E-state index in [1.807, 2.05) is 36.4 Å². The van der Waals surface area contributed by atoms with E-state index >= 15 is 0 Å². The van der Waals surface area contributed by atoms with E-state index in [2.05, 4.69) is 11.6 Å². The minimum absolute atomic E-state index is 0.0246. The van der Waals surface area contributed by atoms with Gasteiger partial charge in [-0.3, -0.25) is 4.79 Å². The highest BCUT2D eigenvalue weighted by molar-refractivity contribution is 7.90. The molecule has 3 aromatic rings. The first-order chi connectivity index (χ1) is 15.9. The topological polar surface area (TPSA) is 81.5 Å². The van der Waals surface area contributed by atoms with Gasteiger partial charge in [-0.1, -0.05) is 66.7 Å². The zero-order valence-corrected chi connectivity index (χ0v) is 19.6. The van der Waals surface area contributed by atoms with Crippen LogP contribution in [-0.2, 0) is 44.6 Å². The third kappa shape index (κ3) is 6.63. The summed E-state index contributed by atoms with van der Waals surface area (Å²) in [5, 5.41) is -0.0246. The second kappa shape index (κ2) is 11.6. The van der Waals surface area contributed by atoms with E-state index in [-0.39, 0.29) is 36.3 Å². The van der Waals surface area contributed by atoms with Crippen molar-refractivity contribution in [1.82, 2.24) is 14.5 Å². The van der Waals surface area contributed by atoms with Crippen LogP contribution in [-0.4, -0.2) is 49.0 Å². The molecule has 0 atom stereocenters. The lowest BCUT2D eigenvalue weighted by Crippen LogP contribution is -2.35. The molecule has 7 nitrogen and oxygen atoms in total. The summed E-state index contributed by atoms with van der Waals surface area (Å²) in [6, 6.07) is 18.5. The first-order valence-electron chi connectivity index (χ1n) is 10.7. The van der Waals surface area contributed by atoms with E-state index in [9.17, 15) is 13.2 Å². The molecule has 0 aliphatic rings. The van der Waals surface area contributed by atoms with Gasteiger partial charge in [-0.15, -0.1) is 6.58 Å². The fourth-order valence-electron chi connectivity index (χ4n) is 3.52. The molecule has 0 bridgehead atoms. The summed E-state index contributed by atoms with van der Waals surface area (Å²) in [6.07, 6.45) is 3.40. The number of carbonyl (C=O) groups is 1. The molecule has 1 amide bonds. The number of amides is 1. The third-order valence-corrected chi connectivity index (χ3v) is 6.76. The number of ether oxygens (including phenoxy) is 1. The van der Waals surface area contributed by atoms with Gasteiger partial charge in [0.2, 0.25) is 20.9 Å². The average molecular weight is 468 g/mol. The number of rotatable bonds is 12. The van der Waals surface area contributed by atoms with Crippen molar-refractivity contribution in [2.75, 3.05) is 20.3 Å². The van der Waals surface area contributed by atoms with Crippen LogP contribution < -0.4 is 0 Å². The van der Waals surface area contributed by atoms with Crippen LogP contribution in [0.1, 0.15) is 16.8 Å². The summed E-state index contributed by atoms with van der Waals surface area (Å²) in [5.41, 5.74) is 2.22. The maximum atomic E-state index is 13.1. The van der Waals surface area contributed by atoms with Gasteiger partial charge < -0.3 is 14.2 Å². The van der Waals surface area contributed by atoms with Crippen molar-refractivity contribution in [3.8, 4) is 0 Å². The molecule has 0 unspecified atom stereocenters. The summed E-state index contributed by atoms with van der Waals surface area (Å²) in [5.74, 6) is -0.222. The van der Waals surface area contributed by atoms with Crippen LogP contribution in [0.5, 0.6) is 0 Å². The lowest BCUT2D eigenvalue weighted by atomic mass is 10.1. The van der Waals surface area contributed by atoms with E-state index in [0.29, 0.717) is 24.4 Å². The second-order valence-corrected chi connectivity index (χ2v) is 9.53. The van der Waals surface area contributed by atoms with Crippen LogP contribution in [0.15, 0.2) is 84.7 Å². The van der Waals surface area contributed by atoms with Gasteiger partial charge in [-0.2, -0.15) is 0 Å². The third-order valence-electron chi connectivity index (χ3n) is 5.16. The number of hydrogen-bond donors (Lipinski definition) is 0. The number of methoxy groups -OCH3 is 1. The number of nitrogens with zero attached hydrogens (tertiary/aromatic N) is 3. The van der Waals surface area contributed by atoms with Crippen LogP contribution in [0.2, 0.25) is 0 Å². The van der Waals surface area contributed by atoms with Gasteiger partial charge in [0.1, 0.15) is 0 Å². The standard InChI is InChI=1S/C25H29N3O4S/c1-3-14-28-23(18-26-25(28)33(30,31)20-22-12-8-5-9-13-22)19-27(15-16-32-2)24(29)17-21-10-6-4-7-11-21/h3-13,18H,1,14-17,19-20H2,2H3. The molecule has 0 saturated carbocycles. The number of hydrogen-bond acceptors (Lipinski definition) is 5. The van der Waals surface area contributed by atoms with Gasteiger partial charge in [-0.05, 0) is 11.1 Å². The molecular weight excluding hydrogens is 438 g/mol. The molecule has 1 aromatic heterocycles. The first-order valence-corrected chi connectivity index (χ1v) is 12.3. The number of carbonyl (C=O) groups excluding carboxylic acids is 1. The maximum Gasteiger partial charge on any atom is 0.228 e. The Balaban J connectivity index is 1.86. The number of sulfone groups is 1. The molecule has 8 heteroatoms. The molecule has 33 heavy (non-hydrogen) atoms. The van der Waals surface area contributed by atoms with Crippen molar-refractivity contribution in [1.29, 1.82) is 0 Å². The smallest absolute Gasteiger partial charge is 0.228 e. The van der Waals surface area contributed by atoms with E-state index < -0.39 is 9.84 Å². The number of imidazole rings is 1. The Morgan fingerprint density at radius 2 is 1.73 bits per heavy atom. The minimum atomic E-state index is -3.69. The Labute approximate surface area is 195 Å². The van der Waals surface area contributed by atoms with Gasteiger partial charge in [0.25, 0.3) is 0 Å². The SMILES string of the molecule is C=CCn1c(CN(CCOC)C(=O)Cc2ccccc2)cnc1S(=O)(=O)Cc1ccccc1. The molecule has 0 aliphatic carbocycles. The number of benzene rings is 2. The molecule has 174 valence electrons. The second-order valence-electron chi connectivity index (χ2n) is 7.65. The lowest BCUT2D eigenvalue weighted by Gasteiger charge is -2.23. The number of aromatic nitrogens is 2. The Kier molecular flexibility index (Phi) is 8.57. The molecule has 2 aromatic carbocycles. The molecule has 0 N–H and O–H groups in total. The predicted octanol–water partition coefficient (Wildman–Crippen LogP) is 3.26. The highest BCUT2D eigenvalue weighted by Gasteiger charge is 2.25. The summed E-state index contributed by atoms with van der Waals surface area (Å²) < 4.78 is 33.0. The monoisotopic (exact) mass is 467 g/mol. The van der Waals surface area contributed by atoms with Crippen molar-refractivity contribution >= 4 is 15.7 Å². The van der Waals surface area contributed by atoms with Gasteiger partial charge in [-0.25, -0.2) is 13.4 Å². The Morgan fingerprint density at radius 1 is 1.09 bits per heavy atom. The molecule has 1 heterocycles. The predicted molar refractivity (Wildman–Crippen MR) is 127 cm³/mol. The molecule has 0 radical (unpaired) electrons. The Hall–Kier alpha value is -3.23. The quantitative estimate of drug-likeness (QED) is 0.382. The van der Waals surface area contributed by atoms with Crippen LogP contribution in [0.25, 0.3) is 0 Å². The zero-order valence-electron chi connectivity index (χ0n) is 18.8. The van der Waals surface area contributed by atoms with Crippen molar-refractivity contribution in [2.45, 2.75) is 30.4 Å². The zero-order chi connectivity index (χ0) is 23.7. The molecule has 0 fully saturated rings. The van der Waals surface area contributed by atoms with Crippen molar-refractivity contribution in [3.05, 3.63) is 96.3 Å². The molecule has 0 aliphatic heterocycles. The van der Waals surface area contributed by atoms with Crippen LogP contribution in [0.3, 0.4) is 0 Å². The highest BCUT2D eigenvalue weighted by Crippen LogP contribution is 2.19. The van der Waals surface area contributed by atoms with Gasteiger partial charge >= 0.3 is 0 Å². The molecule has 3 rings (SSSR count). The molecular formula is C25H29N3O4S. The van der Waals surface area contributed by atoms with Gasteiger partial charge in [0.05, 0.1) is 37.2 Å². The van der Waals surface area contributed by atoms with Crippen molar-refractivity contribution in [2.24, 2.45) is 0 Å². The van der Waals surface area contributed by atoms with E-state index in [1.165, 1.54) is 6.20 Å². The van der Waals surface area contributed by atoms with E-state index in [0.717, 1.165) is 5.56 Å². The van der Waals surface area contributed by atoms with Crippen molar-refractivity contribution in [3.63, 3.8) is 0 Å². The Morgan fingerprint density at radius 3 is 2.33 bits per heavy atom. The van der Waals surface area contributed by atoms with Crippen molar-refractivity contribution < 1.29 is 17.9 Å². The summed E-state index contributed by atoms with van der Waals surface area (Å²) >= 11 is 0. The normalized spacial score (nSPS) is 11.3. The fraction of sp³-hybridized carbons (Fsp3) is 0.280. The summed E-state index contributed by atoms with van der Waals surface area (Å²) in [4.78, 5) is 18.9. The fourth-order valence-corrected chi connectivity index (χ4v) is 5.02. The lowest BCUT2D eigenvalue weighted by molar-refractivity contribution is -0.131. The largest absolute Gasteiger partial charge is 0.383 e. The molecule has 0 saturated heterocycles. The number of allylic oxidation sites excluding steroid dienone is 1. The van der Waals surface area contributed by atoms with Gasteiger partial charge in [0, 0.05) is 20.2 Å².